The second kappa shape index (κ2) is 9.89. The molecule has 7 heteroatoms. The number of thiophene rings is 1. The number of anilines is 2. The highest BCUT2D eigenvalue weighted by Gasteiger charge is 2.19. The molecule has 2 aromatic carbocycles. The maximum atomic E-state index is 12.7. The van der Waals surface area contributed by atoms with Crippen molar-refractivity contribution in [3.63, 3.8) is 0 Å². The van der Waals surface area contributed by atoms with E-state index in [1.807, 2.05) is 83.0 Å². The minimum atomic E-state index is -0.244. The number of nitrogens with zero attached hydrogens (tertiary/aromatic N) is 3. The SMILES string of the molecule is O=C(/C=C/c1cn(-c2ccccc2)nc1-c1cccs1)Nc1cccc(N2CCCCC2=O)c1. The van der Waals surface area contributed by atoms with Crippen LogP contribution in [0.4, 0.5) is 11.4 Å². The van der Waals surface area contributed by atoms with Gasteiger partial charge in [-0.2, -0.15) is 5.10 Å². The van der Waals surface area contributed by atoms with E-state index in [2.05, 4.69) is 5.32 Å². The van der Waals surface area contributed by atoms with Crippen molar-refractivity contribution in [1.29, 1.82) is 0 Å². The molecule has 1 aliphatic rings. The van der Waals surface area contributed by atoms with E-state index >= 15 is 0 Å². The molecule has 0 saturated carbocycles. The van der Waals surface area contributed by atoms with Crippen LogP contribution in [0.25, 0.3) is 22.3 Å². The number of carbonyl (C=O) groups excluding carboxylic acids is 2. The predicted octanol–water partition coefficient (Wildman–Crippen LogP) is 5.77. The Bertz CT molecular complexity index is 1330. The van der Waals surface area contributed by atoms with E-state index in [1.54, 1.807) is 22.3 Å². The molecule has 4 aromatic rings. The van der Waals surface area contributed by atoms with Gasteiger partial charge in [0.05, 0.1) is 10.6 Å². The molecule has 3 heterocycles. The number of benzene rings is 2. The molecule has 2 amide bonds. The van der Waals surface area contributed by atoms with Crippen molar-refractivity contribution < 1.29 is 9.59 Å². The number of rotatable bonds is 6. The van der Waals surface area contributed by atoms with Crippen molar-refractivity contribution in [2.24, 2.45) is 0 Å². The van der Waals surface area contributed by atoms with Gasteiger partial charge in [-0.3, -0.25) is 9.59 Å². The third kappa shape index (κ3) is 4.84. The summed E-state index contributed by atoms with van der Waals surface area (Å²) < 4.78 is 1.83. The lowest BCUT2D eigenvalue weighted by Gasteiger charge is -2.27. The van der Waals surface area contributed by atoms with E-state index in [0.717, 1.165) is 40.4 Å². The van der Waals surface area contributed by atoms with Crippen LogP contribution in [0.1, 0.15) is 24.8 Å². The maximum absolute atomic E-state index is 12.7. The molecule has 0 radical (unpaired) electrons. The largest absolute Gasteiger partial charge is 0.322 e. The summed E-state index contributed by atoms with van der Waals surface area (Å²) in [6, 6.07) is 21.3. The highest BCUT2D eigenvalue weighted by atomic mass is 32.1. The Labute approximate surface area is 202 Å². The lowest BCUT2D eigenvalue weighted by Crippen LogP contribution is -2.35. The molecule has 2 aromatic heterocycles. The van der Waals surface area contributed by atoms with Crippen LogP contribution in [-0.4, -0.2) is 28.1 Å². The third-order valence-corrected chi connectivity index (χ3v) is 6.56. The van der Waals surface area contributed by atoms with Crippen molar-refractivity contribution in [2.45, 2.75) is 19.3 Å². The van der Waals surface area contributed by atoms with Gasteiger partial charge in [0, 0.05) is 42.2 Å². The Morgan fingerprint density at radius 3 is 2.65 bits per heavy atom. The minimum Gasteiger partial charge on any atom is -0.322 e. The molecule has 34 heavy (non-hydrogen) atoms. The fraction of sp³-hybridized carbons (Fsp3) is 0.148. The second-order valence-corrected chi connectivity index (χ2v) is 9.01. The Kier molecular flexibility index (Phi) is 6.35. The molecule has 0 spiro atoms. The Hall–Kier alpha value is -3.97. The topological polar surface area (TPSA) is 67.2 Å². The molecule has 0 aliphatic carbocycles. The number of hydrogen-bond acceptors (Lipinski definition) is 4. The van der Waals surface area contributed by atoms with Gasteiger partial charge in [-0.15, -0.1) is 11.3 Å². The summed E-state index contributed by atoms with van der Waals surface area (Å²) in [7, 11) is 0. The van der Waals surface area contributed by atoms with Crippen LogP contribution in [0.2, 0.25) is 0 Å². The van der Waals surface area contributed by atoms with Gasteiger partial charge < -0.3 is 10.2 Å². The lowest BCUT2D eigenvalue weighted by molar-refractivity contribution is -0.119. The quantitative estimate of drug-likeness (QED) is 0.365. The van der Waals surface area contributed by atoms with Crippen molar-refractivity contribution >= 4 is 40.6 Å². The molecule has 1 N–H and O–H groups in total. The van der Waals surface area contributed by atoms with E-state index in [4.69, 9.17) is 5.10 Å². The lowest BCUT2D eigenvalue weighted by atomic mass is 10.1. The average molecular weight is 469 g/mol. The molecule has 1 saturated heterocycles. The van der Waals surface area contributed by atoms with Gasteiger partial charge in [0.15, 0.2) is 0 Å². The summed E-state index contributed by atoms with van der Waals surface area (Å²) in [4.78, 5) is 27.8. The van der Waals surface area contributed by atoms with Gasteiger partial charge in [0.25, 0.3) is 0 Å². The summed E-state index contributed by atoms with van der Waals surface area (Å²) in [6.45, 7) is 0.715. The van der Waals surface area contributed by atoms with Crippen LogP contribution in [-0.2, 0) is 9.59 Å². The zero-order valence-electron chi connectivity index (χ0n) is 18.6. The van der Waals surface area contributed by atoms with Gasteiger partial charge in [0.2, 0.25) is 11.8 Å². The zero-order chi connectivity index (χ0) is 23.3. The molecular weight excluding hydrogens is 444 g/mol. The number of para-hydroxylation sites is 1. The zero-order valence-corrected chi connectivity index (χ0v) is 19.4. The first-order valence-corrected chi connectivity index (χ1v) is 12.1. The minimum absolute atomic E-state index is 0.131. The number of aromatic nitrogens is 2. The van der Waals surface area contributed by atoms with E-state index in [0.29, 0.717) is 18.7 Å². The third-order valence-electron chi connectivity index (χ3n) is 5.68. The highest BCUT2D eigenvalue weighted by molar-refractivity contribution is 7.13. The van der Waals surface area contributed by atoms with E-state index < -0.39 is 0 Å². The first kappa shape index (κ1) is 21.9. The standard InChI is InChI=1S/C27H24N4O2S/c32-25(28-21-8-6-11-23(18-21)30-16-5-4-13-26(30)33)15-14-20-19-31(22-9-2-1-3-10-22)29-27(20)24-12-7-17-34-24/h1-3,6-12,14-15,17-19H,4-5,13,16H2,(H,28,32)/b15-14+. The number of amides is 2. The molecule has 6 nitrogen and oxygen atoms in total. The molecule has 5 rings (SSSR count). The van der Waals surface area contributed by atoms with E-state index in [-0.39, 0.29) is 11.8 Å². The smallest absolute Gasteiger partial charge is 0.248 e. The highest BCUT2D eigenvalue weighted by Crippen LogP contribution is 2.29. The monoisotopic (exact) mass is 468 g/mol. The Morgan fingerprint density at radius 2 is 1.85 bits per heavy atom. The van der Waals surface area contributed by atoms with Gasteiger partial charge in [-0.25, -0.2) is 4.68 Å². The van der Waals surface area contributed by atoms with Crippen LogP contribution in [0.5, 0.6) is 0 Å². The van der Waals surface area contributed by atoms with Crippen molar-refractivity contribution in [2.75, 3.05) is 16.8 Å². The number of piperidine rings is 1. The maximum Gasteiger partial charge on any atom is 0.248 e. The van der Waals surface area contributed by atoms with Crippen LogP contribution in [0, 0.1) is 0 Å². The first-order chi connectivity index (χ1) is 16.7. The predicted molar refractivity (Wildman–Crippen MR) is 137 cm³/mol. The second-order valence-electron chi connectivity index (χ2n) is 8.07. The molecule has 0 bridgehead atoms. The number of carbonyl (C=O) groups is 2. The summed E-state index contributed by atoms with van der Waals surface area (Å²) in [5.74, 6) is -0.113. The van der Waals surface area contributed by atoms with Gasteiger partial charge in [-0.05, 0) is 60.7 Å². The van der Waals surface area contributed by atoms with Crippen LogP contribution >= 0.6 is 11.3 Å². The fourth-order valence-electron chi connectivity index (χ4n) is 4.01. The summed E-state index contributed by atoms with van der Waals surface area (Å²) >= 11 is 1.61. The van der Waals surface area contributed by atoms with Gasteiger partial charge in [0.1, 0.15) is 5.69 Å². The van der Waals surface area contributed by atoms with Crippen molar-refractivity contribution in [3.05, 3.63) is 89.9 Å². The molecule has 1 aliphatic heterocycles. The molecule has 0 atom stereocenters. The molecule has 0 unspecified atom stereocenters. The molecular formula is C27H24N4O2S. The summed E-state index contributed by atoms with van der Waals surface area (Å²) in [6.07, 6.45) is 7.73. The van der Waals surface area contributed by atoms with Crippen molar-refractivity contribution in [3.8, 4) is 16.3 Å². The van der Waals surface area contributed by atoms with E-state index in [9.17, 15) is 9.59 Å². The normalized spacial score (nSPS) is 14.0. The van der Waals surface area contributed by atoms with Crippen LogP contribution in [0.3, 0.4) is 0 Å². The first-order valence-electron chi connectivity index (χ1n) is 11.3. The van der Waals surface area contributed by atoms with E-state index in [1.165, 1.54) is 6.08 Å². The van der Waals surface area contributed by atoms with Gasteiger partial charge >= 0.3 is 0 Å². The van der Waals surface area contributed by atoms with Gasteiger partial charge in [-0.1, -0.05) is 30.3 Å². The average Bonchev–Trinajstić information content (AvgIpc) is 3.54. The Balaban J connectivity index is 1.35. The van der Waals surface area contributed by atoms with Crippen LogP contribution < -0.4 is 10.2 Å². The summed E-state index contributed by atoms with van der Waals surface area (Å²) in [5.41, 5.74) is 4.11. The molecule has 170 valence electrons. The van der Waals surface area contributed by atoms with Crippen molar-refractivity contribution in [1.82, 2.24) is 9.78 Å². The fourth-order valence-corrected chi connectivity index (χ4v) is 4.74. The van der Waals surface area contributed by atoms with Crippen LogP contribution in [0.15, 0.2) is 84.4 Å². The number of nitrogens with one attached hydrogen (secondary N) is 1. The number of hydrogen-bond donors (Lipinski definition) is 1. The Morgan fingerprint density at radius 1 is 1.00 bits per heavy atom. The summed E-state index contributed by atoms with van der Waals surface area (Å²) in [5, 5.41) is 9.68. The molecule has 1 fully saturated rings.